The summed E-state index contributed by atoms with van der Waals surface area (Å²) in [5, 5.41) is 13.3. The van der Waals surface area contributed by atoms with Gasteiger partial charge >= 0.3 is 0 Å². The van der Waals surface area contributed by atoms with Crippen molar-refractivity contribution in [3.05, 3.63) is 64.8 Å². The Morgan fingerprint density at radius 1 is 1.14 bits per heavy atom. The fourth-order valence-corrected chi connectivity index (χ4v) is 2.15. The third kappa shape index (κ3) is 3.03. The molecule has 0 unspecified atom stereocenters. The van der Waals surface area contributed by atoms with E-state index < -0.39 is 5.82 Å². The lowest BCUT2D eigenvalue weighted by atomic mass is 10.1. The van der Waals surface area contributed by atoms with E-state index in [1.54, 1.807) is 24.3 Å². The Kier molecular flexibility index (Phi) is 3.58. The molecule has 0 bridgehead atoms. The second-order valence-corrected chi connectivity index (χ2v) is 4.89. The molecule has 0 saturated heterocycles. The minimum absolute atomic E-state index is 0.197. The molecule has 106 valence electrons. The van der Waals surface area contributed by atoms with Gasteiger partial charge in [-0.1, -0.05) is 28.9 Å². The quantitative estimate of drug-likeness (QED) is 0.799. The maximum absolute atomic E-state index is 13.0. The van der Waals surface area contributed by atoms with Crippen molar-refractivity contribution in [2.45, 2.75) is 6.42 Å². The third-order valence-corrected chi connectivity index (χ3v) is 3.24. The Morgan fingerprint density at radius 3 is 2.62 bits per heavy atom. The molecular formula is C15H10ClFN2O2. The van der Waals surface area contributed by atoms with Crippen LogP contribution in [-0.2, 0) is 6.42 Å². The number of aromatic hydroxyl groups is 1. The van der Waals surface area contributed by atoms with Crippen LogP contribution in [0.2, 0.25) is 5.02 Å². The van der Waals surface area contributed by atoms with E-state index in [1.807, 2.05) is 0 Å². The summed E-state index contributed by atoms with van der Waals surface area (Å²) in [5.74, 6) is 0.504. The predicted octanol–water partition coefficient (Wildman–Crippen LogP) is 3.83. The van der Waals surface area contributed by atoms with Crippen LogP contribution in [0.1, 0.15) is 11.5 Å². The second-order valence-electron chi connectivity index (χ2n) is 4.48. The van der Waals surface area contributed by atoms with Crippen LogP contribution in [0, 0.1) is 5.82 Å². The average molecular weight is 305 g/mol. The maximum Gasteiger partial charge on any atom is 0.231 e. The molecule has 1 heterocycles. The lowest BCUT2D eigenvalue weighted by Gasteiger charge is -1.98. The molecule has 0 aliphatic heterocycles. The molecule has 1 aromatic heterocycles. The van der Waals surface area contributed by atoms with Crippen molar-refractivity contribution < 1.29 is 14.0 Å². The number of hydrogen-bond acceptors (Lipinski definition) is 4. The Labute approximate surface area is 124 Å². The first-order valence-corrected chi connectivity index (χ1v) is 6.55. The molecular weight excluding hydrogens is 295 g/mol. The minimum atomic E-state index is -0.420. The van der Waals surface area contributed by atoms with E-state index in [2.05, 4.69) is 10.1 Å². The summed E-state index contributed by atoms with van der Waals surface area (Å²) in [6.45, 7) is 0. The van der Waals surface area contributed by atoms with E-state index in [4.69, 9.17) is 16.1 Å². The van der Waals surface area contributed by atoms with Gasteiger partial charge in [-0.25, -0.2) is 4.39 Å². The van der Waals surface area contributed by atoms with Crippen molar-refractivity contribution in [1.82, 2.24) is 10.1 Å². The molecule has 0 spiro atoms. The molecule has 1 N–H and O–H groups in total. The van der Waals surface area contributed by atoms with Gasteiger partial charge in [0.1, 0.15) is 11.6 Å². The fourth-order valence-electron chi connectivity index (χ4n) is 1.90. The van der Waals surface area contributed by atoms with E-state index in [0.29, 0.717) is 23.7 Å². The van der Waals surface area contributed by atoms with Gasteiger partial charge in [0, 0.05) is 5.56 Å². The van der Waals surface area contributed by atoms with Crippen LogP contribution in [0.25, 0.3) is 11.4 Å². The van der Waals surface area contributed by atoms with Crippen LogP contribution in [0.3, 0.4) is 0 Å². The molecule has 0 saturated carbocycles. The van der Waals surface area contributed by atoms with Crippen LogP contribution in [-0.4, -0.2) is 15.2 Å². The smallest absolute Gasteiger partial charge is 0.231 e. The van der Waals surface area contributed by atoms with E-state index in [0.717, 1.165) is 5.56 Å². The van der Waals surface area contributed by atoms with Gasteiger partial charge < -0.3 is 9.63 Å². The zero-order valence-corrected chi connectivity index (χ0v) is 11.5. The summed E-state index contributed by atoms with van der Waals surface area (Å²) in [6.07, 6.45) is 0.437. The van der Waals surface area contributed by atoms with Gasteiger partial charge in [-0.05, 0) is 35.9 Å². The molecule has 0 aliphatic carbocycles. The Hall–Kier alpha value is -2.40. The highest BCUT2D eigenvalue weighted by atomic mass is 35.5. The first-order valence-electron chi connectivity index (χ1n) is 6.18. The second kappa shape index (κ2) is 5.54. The predicted molar refractivity (Wildman–Crippen MR) is 75.6 cm³/mol. The molecule has 0 atom stereocenters. The number of halogens is 2. The lowest BCUT2D eigenvalue weighted by molar-refractivity contribution is 0.385. The van der Waals surface area contributed by atoms with Gasteiger partial charge in [-0.3, -0.25) is 0 Å². The van der Waals surface area contributed by atoms with Gasteiger partial charge in [-0.2, -0.15) is 4.98 Å². The van der Waals surface area contributed by atoms with Crippen molar-refractivity contribution in [2.75, 3.05) is 0 Å². The summed E-state index contributed by atoms with van der Waals surface area (Å²) in [6, 6.07) is 10.7. The standard InChI is InChI=1S/C15H10ClFN2O2/c16-13-8-10(17)3-6-12(13)15-18-14(21-19-15)7-9-1-4-11(20)5-2-9/h1-6,8,20H,7H2. The maximum atomic E-state index is 13.0. The molecule has 3 aromatic rings. The Morgan fingerprint density at radius 2 is 1.90 bits per heavy atom. The van der Waals surface area contributed by atoms with Crippen LogP contribution < -0.4 is 0 Å². The number of rotatable bonds is 3. The monoisotopic (exact) mass is 304 g/mol. The summed E-state index contributed by atoms with van der Waals surface area (Å²) in [7, 11) is 0. The number of benzene rings is 2. The first-order chi connectivity index (χ1) is 10.1. The van der Waals surface area contributed by atoms with E-state index in [1.165, 1.54) is 18.2 Å². The van der Waals surface area contributed by atoms with Crippen molar-refractivity contribution in [3.8, 4) is 17.1 Å². The molecule has 0 aliphatic rings. The molecule has 6 heteroatoms. The van der Waals surface area contributed by atoms with Crippen molar-refractivity contribution in [2.24, 2.45) is 0 Å². The first kappa shape index (κ1) is 13.6. The molecule has 0 fully saturated rings. The van der Waals surface area contributed by atoms with Gasteiger partial charge in [-0.15, -0.1) is 0 Å². The van der Waals surface area contributed by atoms with Crippen LogP contribution in [0.15, 0.2) is 47.0 Å². The zero-order chi connectivity index (χ0) is 14.8. The van der Waals surface area contributed by atoms with Gasteiger partial charge in [0.25, 0.3) is 0 Å². The van der Waals surface area contributed by atoms with E-state index in [-0.39, 0.29) is 10.8 Å². The Bertz CT molecular complexity index is 772. The van der Waals surface area contributed by atoms with Gasteiger partial charge in [0.15, 0.2) is 0 Å². The van der Waals surface area contributed by atoms with Gasteiger partial charge in [0.05, 0.1) is 11.4 Å². The largest absolute Gasteiger partial charge is 0.508 e. The lowest BCUT2D eigenvalue weighted by Crippen LogP contribution is -1.88. The normalized spacial score (nSPS) is 10.8. The highest BCUT2D eigenvalue weighted by Crippen LogP contribution is 2.26. The summed E-state index contributed by atoms with van der Waals surface area (Å²) < 4.78 is 18.2. The summed E-state index contributed by atoms with van der Waals surface area (Å²) >= 11 is 5.96. The molecule has 3 rings (SSSR count). The molecule has 21 heavy (non-hydrogen) atoms. The Balaban J connectivity index is 1.84. The van der Waals surface area contributed by atoms with Crippen molar-refractivity contribution in [1.29, 1.82) is 0 Å². The highest BCUT2D eigenvalue weighted by molar-refractivity contribution is 6.33. The topological polar surface area (TPSA) is 59.2 Å². The average Bonchev–Trinajstić information content (AvgIpc) is 2.90. The zero-order valence-electron chi connectivity index (χ0n) is 10.8. The third-order valence-electron chi connectivity index (χ3n) is 2.93. The van der Waals surface area contributed by atoms with Crippen molar-refractivity contribution >= 4 is 11.6 Å². The fraction of sp³-hybridized carbons (Fsp3) is 0.0667. The number of nitrogens with zero attached hydrogens (tertiary/aromatic N) is 2. The van der Waals surface area contributed by atoms with Gasteiger partial charge in [0.2, 0.25) is 11.7 Å². The highest BCUT2D eigenvalue weighted by Gasteiger charge is 2.12. The number of aromatic nitrogens is 2. The number of hydrogen-bond donors (Lipinski definition) is 1. The minimum Gasteiger partial charge on any atom is -0.508 e. The van der Waals surface area contributed by atoms with Crippen molar-refractivity contribution in [3.63, 3.8) is 0 Å². The van der Waals surface area contributed by atoms with Crippen LogP contribution in [0.4, 0.5) is 4.39 Å². The SMILES string of the molecule is Oc1ccc(Cc2nc(-c3ccc(F)cc3Cl)no2)cc1. The molecule has 0 amide bonds. The summed E-state index contributed by atoms with van der Waals surface area (Å²) in [4.78, 5) is 4.24. The van der Waals surface area contributed by atoms with Crippen LogP contribution >= 0.6 is 11.6 Å². The molecule has 4 nitrogen and oxygen atoms in total. The summed E-state index contributed by atoms with van der Waals surface area (Å²) in [5.41, 5.74) is 1.44. The number of phenols is 1. The molecule has 2 aromatic carbocycles. The molecule has 0 radical (unpaired) electrons. The van der Waals surface area contributed by atoms with Crippen LogP contribution in [0.5, 0.6) is 5.75 Å². The number of phenolic OH excluding ortho intramolecular Hbond substituents is 1. The van der Waals surface area contributed by atoms with E-state index in [9.17, 15) is 9.50 Å². The van der Waals surface area contributed by atoms with E-state index >= 15 is 0 Å².